The van der Waals surface area contributed by atoms with Gasteiger partial charge in [0.2, 0.25) is 0 Å². The maximum absolute atomic E-state index is 11.3. The Hall–Kier alpha value is -1.09. The fourth-order valence-electron chi connectivity index (χ4n) is 1.90. The second-order valence-electron chi connectivity index (χ2n) is 5.21. The van der Waals surface area contributed by atoms with Crippen LogP contribution in [-0.4, -0.2) is 25.3 Å². The molecule has 1 saturated heterocycles. The van der Waals surface area contributed by atoms with E-state index in [9.17, 15) is 4.79 Å². The van der Waals surface area contributed by atoms with Gasteiger partial charge in [0.1, 0.15) is 12.7 Å². The first-order valence-corrected chi connectivity index (χ1v) is 7.86. The van der Waals surface area contributed by atoms with Gasteiger partial charge in [0.25, 0.3) is 0 Å². The van der Waals surface area contributed by atoms with E-state index in [1.54, 1.807) is 0 Å². The summed E-state index contributed by atoms with van der Waals surface area (Å²) in [6, 6.07) is 0. The molecule has 0 radical (unpaired) electrons. The maximum Gasteiger partial charge on any atom is 0.305 e. The number of carbonyl (C=O) groups is 1. The highest BCUT2D eigenvalue weighted by Crippen LogP contribution is 2.10. The van der Waals surface area contributed by atoms with E-state index in [4.69, 9.17) is 9.47 Å². The van der Waals surface area contributed by atoms with E-state index in [0.717, 1.165) is 38.7 Å². The van der Waals surface area contributed by atoms with E-state index in [-0.39, 0.29) is 12.1 Å². The van der Waals surface area contributed by atoms with Crippen molar-refractivity contribution in [2.75, 3.05) is 13.2 Å². The molecular formula is C17H28O3. The second-order valence-corrected chi connectivity index (χ2v) is 5.21. The van der Waals surface area contributed by atoms with Gasteiger partial charge in [0, 0.05) is 6.42 Å². The highest BCUT2D eigenvalue weighted by Gasteiger charge is 2.23. The van der Waals surface area contributed by atoms with E-state index in [1.165, 1.54) is 12.8 Å². The number of hydrogen-bond acceptors (Lipinski definition) is 3. The minimum atomic E-state index is -0.0793. The number of rotatable bonds is 12. The summed E-state index contributed by atoms with van der Waals surface area (Å²) in [5, 5.41) is 0. The summed E-state index contributed by atoms with van der Waals surface area (Å²) in [6.45, 7) is 3.24. The molecule has 20 heavy (non-hydrogen) atoms. The van der Waals surface area contributed by atoms with Crippen LogP contribution in [0.2, 0.25) is 0 Å². The standard InChI is InChI=1S/C17H28O3/c1-2-3-4-5-6-7-8-9-10-11-12-13-17(18)20-15-16-14-19-16/h2-3,6-7,16H,4-5,8-15H2,1H3/b3-2+,7-6+. The molecule has 0 bridgehead atoms. The Morgan fingerprint density at radius 2 is 1.80 bits per heavy atom. The molecule has 1 unspecified atom stereocenters. The molecule has 0 amide bonds. The second kappa shape index (κ2) is 11.7. The number of ether oxygens (including phenoxy) is 2. The summed E-state index contributed by atoms with van der Waals surface area (Å²) >= 11 is 0. The molecule has 0 aromatic rings. The SMILES string of the molecule is C/C=C/CC/C=C/CCCCCCC(=O)OCC1CO1. The lowest BCUT2D eigenvalue weighted by Crippen LogP contribution is -2.09. The number of hydrogen-bond donors (Lipinski definition) is 0. The smallest absolute Gasteiger partial charge is 0.305 e. The van der Waals surface area contributed by atoms with Crippen molar-refractivity contribution in [3.63, 3.8) is 0 Å². The van der Waals surface area contributed by atoms with Gasteiger partial charge in [0.05, 0.1) is 6.61 Å². The zero-order valence-corrected chi connectivity index (χ0v) is 12.7. The van der Waals surface area contributed by atoms with Gasteiger partial charge in [-0.25, -0.2) is 0 Å². The molecule has 1 aliphatic heterocycles. The van der Waals surface area contributed by atoms with E-state index in [0.29, 0.717) is 13.0 Å². The molecule has 0 aromatic heterocycles. The number of carbonyl (C=O) groups excluding carboxylic acids is 1. The van der Waals surface area contributed by atoms with Gasteiger partial charge in [-0.3, -0.25) is 4.79 Å². The minimum absolute atomic E-state index is 0.0793. The van der Waals surface area contributed by atoms with Crippen molar-refractivity contribution >= 4 is 5.97 Å². The normalized spacial score (nSPS) is 17.9. The molecule has 0 aliphatic carbocycles. The molecular weight excluding hydrogens is 252 g/mol. The Morgan fingerprint density at radius 3 is 2.55 bits per heavy atom. The maximum atomic E-state index is 11.3. The predicted octanol–water partition coefficient (Wildman–Crippen LogP) is 4.18. The van der Waals surface area contributed by atoms with E-state index in [1.807, 2.05) is 0 Å². The molecule has 0 saturated carbocycles. The largest absolute Gasteiger partial charge is 0.463 e. The van der Waals surface area contributed by atoms with Crippen molar-refractivity contribution in [1.29, 1.82) is 0 Å². The molecule has 114 valence electrons. The van der Waals surface area contributed by atoms with Crippen molar-refractivity contribution in [2.45, 2.75) is 64.4 Å². The van der Waals surface area contributed by atoms with Crippen molar-refractivity contribution in [1.82, 2.24) is 0 Å². The van der Waals surface area contributed by atoms with Gasteiger partial charge < -0.3 is 9.47 Å². The summed E-state index contributed by atoms with van der Waals surface area (Å²) in [4.78, 5) is 11.3. The summed E-state index contributed by atoms with van der Waals surface area (Å²) in [5.74, 6) is -0.0793. The van der Waals surface area contributed by atoms with E-state index in [2.05, 4.69) is 31.2 Å². The Balaban J connectivity index is 1.78. The van der Waals surface area contributed by atoms with Gasteiger partial charge in [-0.1, -0.05) is 37.1 Å². The zero-order valence-electron chi connectivity index (χ0n) is 12.7. The Kier molecular flexibility index (Phi) is 9.93. The fourth-order valence-corrected chi connectivity index (χ4v) is 1.90. The zero-order chi connectivity index (χ0) is 14.5. The first-order chi connectivity index (χ1) is 9.83. The number of esters is 1. The highest BCUT2D eigenvalue weighted by atomic mass is 16.6. The fraction of sp³-hybridized carbons (Fsp3) is 0.706. The van der Waals surface area contributed by atoms with Crippen LogP contribution in [0.15, 0.2) is 24.3 Å². The molecule has 1 atom stereocenters. The number of unbranched alkanes of at least 4 members (excludes halogenated alkanes) is 5. The van der Waals surface area contributed by atoms with E-state index < -0.39 is 0 Å². The van der Waals surface area contributed by atoms with Crippen LogP contribution in [0.5, 0.6) is 0 Å². The predicted molar refractivity (Wildman–Crippen MR) is 81.6 cm³/mol. The third-order valence-electron chi connectivity index (χ3n) is 3.24. The van der Waals surface area contributed by atoms with Crippen molar-refractivity contribution in [3.05, 3.63) is 24.3 Å². The van der Waals surface area contributed by atoms with Crippen LogP contribution in [0.1, 0.15) is 58.3 Å². The number of epoxide rings is 1. The Bertz CT molecular complexity index is 303. The van der Waals surface area contributed by atoms with Gasteiger partial charge in [-0.05, 0) is 39.0 Å². The molecule has 1 fully saturated rings. The van der Waals surface area contributed by atoms with Crippen LogP contribution in [0.4, 0.5) is 0 Å². The number of allylic oxidation sites excluding steroid dienone is 4. The van der Waals surface area contributed by atoms with Crippen LogP contribution in [0.25, 0.3) is 0 Å². The summed E-state index contributed by atoms with van der Waals surface area (Å²) in [6.07, 6.45) is 17.4. The van der Waals surface area contributed by atoms with Gasteiger partial charge >= 0.3 is 5.97 Å². The molecule has 0 aromatic carbocycles. The van der Waals surface area contributed by atoms with Crippen LogP contribution < -0.4 is 0 Å². The third-order valence-corrected chi connectivity index (χ3v) is 3.24. The quantitative estimate of drug-likeness (QED) is 0.233. The first kappa shape index (κ1) is 17.0. The van der Waals surface area contributed by atoms with Crippen LogP contribution in [0, 0.1) is 0 Å². The molecule has 1 aliphatic rings. The molecule has 1 rings (SSSR count). The highest BCUT2D eigenvalue weighted by molar-refractivity contribution is 5.69. The summed E-state index contributed by atoms with van der Waals surface area (Å²) in [5.41, 5.74) is 0. The topological polar surface area (TPSA) is 38.8 Å². The molecule has 0 N–H and O–H groups in total. The lowest BCUT2D eigenvalue weighted by Gasteiger charge is -2.02. The Labute approximate surface area is 123 Å². The van der Waals surface area contributed by atoms with E-state index >= 15 is 0 Å². The third kappa shape index (κ3) is 10.8. The van der Waals surface area contributed by atoms with Crippen molar-refractivity contribution < 1.29 is 14.3 Å². The molecule has 0 spiro atoms. The first-order valence-electron chi connectivity index (χ1n) is 7.86. The average molecular weight is 280 g/mol. The van der Waals surface area contributed by atoms with Gasteiger partial charge in [-0.15, -0.1) is 0 Å². The Morgan fingerprint density at radius 1 is 1.10 bits per heavy atom. The minimum Gasteiger partial charge on any atom is -0.463 e. The summed E-state index contributed by atoms with van der Waals surface area (Å²) in [7, 11) is 0. The monoisotopic (exact) mass is 280 g/mol. The van der Waals surface area contributed by atoms with Crippen molar-refractivity contribution in [3.8, 4) is 0 Å². The lowest BCUT2D eigenvalue weighted by atomic mass is 10.1. The molecule has 1 heterocycles. The summed E-state index contributed by atoms with van der Waals surface area (Å²) < 4.78 is 10.1. The van der Waals surface area contributed by atoms with Gasteiger partial charge in [-0.2, -0.15) is 0 Å². The lowest BCUT2D eigenvalue weighted by molar-refractivity contribution is -0.144. The molecule has 3 nitrogen and oxygen atoms in total. The van der Waals surface area contributed by atoms with Crippen LogP contribution in [0.3, 0.4) is 0 Å². The molecule has 3 heteroatoms. The van der Waals surface area contributed by atoms with Crippen LogP contribution in [-0.2, 0) is 14.3 Å². The average Bonchev–Trinajstić information content (AvgIpc) is 3.27. The van der Waals surface area contributed by atoms with Crippen molar-refractivity contribution in [2.24, 2.45) is 0 Å². The van der Waals surface area contributed by atoms with Crippen LogP contribution >= 0.6 is 0 Å². The van der Waals surface area contributed by atoms with Gasteiger partial charge in [0.15, 0.2) is 0 Å².